The predicted molar refractivity (Wildman–Crippen MR) is 95.4 cm³/mol. The molecular formula is C19H23FN2O5. The molecule has 7 nitrogen and oxygen atoms in total. The van der Waals surface area contributed by atoms with Gasteiger partial charge in [0.05, 0.1) is 37.2 Å². The van der Waals surface area contributed by atoms with Gasteiger partial charge in [0.25, 0.3) is 0 Å². The minimum atomic E-state index is -0.526. The molecule has 1 aromatic carbocycles. The van der Waals surface area contributed by atoms with E-state index < -0.39 is 12.2 Å². The summed E-state index contributed by atoms with van der Waals surface area (Å²) in [4.78, 5) is 26.8. The van der Waals surface area contributed by atoms with Crippen LogP contribution in [0, 0.1) is 5.82 Å². The minimum absolute atomic E-state index is 0.173. The molecule has 3 heterocycles. The number of esters is 1. The summed E-state index contributed by atoms with van der Waals surface area (Å²) in [5.41, 5.74) is 0.992. The van der Waals surface area contributed by atoms with Crippen molar-refractivity contribution in [1.82, 2.24) is 0 Å². The van der Waals surface area contributed by atoms with Crippen molar-refractivity contribution in [3.8, 4) is 0 Å². The van der Waals surface area contributed by atoms with Crippen LogP contribution in [0.1, 0.15) is 25.7 Å². The van der Waals surface area contributed by atoms with Gasteiger partial charge >= 0.3 is 12.1 Å². The van der Waals surface area contributed by atoms with Gasteiger partial charge in [-0.1, -0.05) is 0 Å². The van der Waals surface area contributed by atoms with E-state index in [1.807, 2.05) is 4.90 Å². The fraction of sp³-hybridized carbons (Fsp3) is 0.579. The predicted octanol–water partition coefficient (Wildman–Crippen LogP) is 2.47. The number of fused-ring (bicyclic) bond motifs is 2. The van der Waals surface area contributed by atoms with E-state index in [0.29, 0.717) is 30.9 Å². The summed E-state index contributed by atoms with van der Waals surface area (Å²) in [6.45, 7) is 1.67. The molecule has 3 aliphatic heterocycles. The number of halogens is 1. The Kier molecular flexibility index (Phi) is 4.90. The molecule has 3 saturated heterocycles. The van der Waals surface area contributed by atoms with Gasteiger partial charge in [-0.25, -0.2) is 9.18 Å². The van der Waals surface area contributed by atoms with Crippen LogP contribution in [0.2, 0.25) is 0 Å². The summed E-state index contributed by atoms with van der Waals surface area (Å²) in [5.74, 6) is -0.709. The second-order valence-electron chi connectivity index (χ2n) is 7.23. The van der Waals surface area contributed by atoms with Gasteiger partial charge in [0, 0.05) is 19.5 Å². The normalized spacial score (nSPS) is 27.0. The average Bonchev–Trinajstić information content (AvgIpc) is 3.20. The van der Waals surface area contributed by atoms with Gasteiger partial charge in [0.1, 0.15) is 11.9 Å². The molecule has 146 valence electrons. The summed E-state index contributed by atoms with van der Waals surface area (Å²) in [6.07, 6.45) is 2.01. The van der Waals surface area contributed by atoms with E-state index in [2.05, 4.69) is 4.74 Å². The van der Waals surface area contributed by atoms with E-state index in [-0.39, 0.29) is 37.0 Å². The van der Waals surface area contributed by atoms with Crippen LogP contribution in [0.4, 0.5) is 20.6 Å². The third-order valence-electron chi connectivity index (χ3n) is 5.40. The van der Waals surface area contributed by atoms with Gasteiger partial charge in [-0.3, -0.25) is 9.69 Å². The molecule has 3 fully saturated rings. The molecule has 1 aromatic rings. The molecule has 8 heteroatoms. The quantitative estimate of drug-likeness (QED) is 0.734. The van der Waals surface area contributed by atoms with Gasteiger partial charge in [-0.05, 0) is 37.5 Å². The van der Waals surface area contributed by atoms with Crippen LogP contribution in [0.5, 0.6) is 0 Å². The summed E-state index contributed by atoms with van der Waals surface area (Å²) in [5, 5.41) is 0. The number of morpholine rings is 1. The highest BCUT2D eigenvalue weighted by atomic mass is 19.1. The van der Waals surface area contributed by atoms with E-state index >= 15 is 0 Å². The molecule has 0 saturated carbocycles. The maximum atomic E-state index is 14.8. The van der Waals surface area contributed by atoms with Gasteiger partial charge in [0.15, 0.2) is 0 Å². The van der Waals surface area contributed by atoms with Crippen molar-refractivity contribution in [3.05, 3.63) is 24.0 Å². The molecule has 27 heavy (non-hydrogen) atoms. The summed E-state index contributed by atoms with van der Waals surface area (Å²) in [6, 6.07) is 4.82. The Labute approximate surface area is 157 Å². The molecule has 4 rings (SSSR count). The number of hydrogen-bond acceptors (Lipinski definition) is 6. The number of nitrogens with zero attached hydrogens (tertiary/aromatic N) is 2. The Balaban J connectivity index is 1.43. The number of methoxy groups -OCH3 is 1. The third kappa shape index (κ3) is 3.71. The SMILES string of the molecule is COC(=O)CC[C@H]1CN(c2ccc(N3CC4CCC(C3)O4)c(F)c2)C(=O)O1. The fourth-order valence-corrected chi connectivity index (χ4v) is 4.00. The highest BCUT2D eigenvalue weighted by Gasteiger charge is 2.36. The highest BCUT2D eigenvalue weighted by Crippen LogP contribution is 2.33. The number of carbonyl (C=O) groups is 2. The van der Waals surface area contributed by atoms with Crippen molar-refractivity contribution in [1.29, 1.82) is 0 Å². The van der Waals surface area contributed by atoms with Gasteiger partial charge in [-0.2, -0.15) is 0 Å². The molecule has 1 amide bonds. The largest absolute Gasteiger partial charge is 0.469 e. The van der Waals surface area contributed by atoms with Crippen molar-refractivity contribution >= 4 is 23.4 Å². The maximum absolute atomic E-state index is 14.8. The first-order chi connectivity index (χ1) is 13.0. The zero-order chi connectivity index (χ0) is 19.0. The molecule has 0 aromatic heterocycles. The number of cyclic esters (lactones) is 1. The number of benzene rings is 1. The third-order valence-corrected chi connectivity index (χ3v) is 5.40. The van der Waals surface area contributed by atoms with Crippen molar-refractivity contribution < 1.29 is 28.2 Å². The van der Waals surface area contributed by atoms with Crippen molar-refractivity contribution in [2.45, 2.75) is 44.0 Å². The maximum Gasteiger partial charge on any atom is 0.414 e. The monoisotopic (exact) mass is 378 g/mol. The summed E-state index contributed by atoms with van der Waals surface area (Å²) in [7, 11) is 1.32. The first-order valence-electron chi connectivity index (χ1n) is 9.28. The zero-order valence-corrected chi connectivity index (χ0v) is 15.2. The molecule has 0 N–H and O–H groups in total. The van der Waals surface area contributed by atoms with Crippen LogP contribution in [-0.2, 0) is 19.0 Å². The molecular weight excluding hydrogens is 355 g/mol. The van der Waals surface area contributed by atoms with E-state index in [4.69, 9.17) is 9.47 Å². The Morgan fingerprint density at radius 3 is 2.67 bits per heavy atom. The molecule has 0 aliphatic carbocycles. The molecule has 2 bridgehead atoms. The number of hydrogen-bond donors (Lipinski definition) is 0. The van der Waals surface area contributed by atoms with Gasteiger partial charge in [0.2, 0.25) is 0 Å². The van der Waals surface area contributed by atoms with Crippen molar-refractivity contribution in [3.63, 3.8) is 0 Å². The number of amides is 1. The summed E-state index contributed by atoms with van der Waals surface area (Å²) < 4.78 is 30.4. The van der Waals surface area contributed by atoms with E-state index in [9.17, 15) is 14.0 Å². The number of rotatable bonds is 5. The standard InChI is InChI=1S/C19H23FN2O5/c1-25-18(23)7-5-15-11-22(19(24)27-15)12-2-6-17(16(20)8-12)21-9-13-3-4-14(10-21)26-13/h2,6,8,13-15H,3-5,7,9-11H2,1H3/t13?,14?,15-/m0/s1. The highest BCUT2D eigenvalue weighted by molar-refractivity contribution is 5.90. The first-order valence-corrected chi connectivity index (χ1v) is 9.28. The molecule has 0 radical (unpaired) electrons. The molecule has 3 atom stereocenters. The molecule has 0 spiro atoms. The van der Waals surface area contributed by atoms with Crippen LogP contribution in [0.25, 0.3) is 0 Å². The zero-order valence-electron chi connectivity index (χ0n) is 15.2. The minimum Gasteiger partial charge on any atom is -0.469 e. The Hall–Kier alpha value is -2.35. The summed E-state index contributed by atoms with van der Waals surface area (Å²) >= 11 is 0. The Morgan fingerprint density at radius 2 is 2.00 bits per heavy atom. The van der Waals surface area contributed by atoms with Gasteiger partial charge in [-0.15, -0.1) is 0 Å². The van der Waals surface area contributed by atoms with E-state index in [0.717, 1.165) is 12.8 Å². The number of ether oxygens (including phenoxy) is 3. The van der Waals surface area contributed by atoms with Crippen molar-refractivity contribution in [2.24, 2.45) is 0 Å². The number of anilines is 2. The van der Waals surface area contributed by atoms with Gasteiger partial charge < -0.3 is 19.1 Å². The fourth-order valence-electron chi connectivity index (χ4n) is 4.00. The Bertz CT molecular complexity index is 731. The lowest BCUT2D eigenvalue weighted by Gasteiger charge is -2.34. The number of carbonyl (C=O) groups excluding carboxylic acids is 2. The second kappa shape index (κ2) is 7.34. The first kappa shape index (κ1) is 18.0. The molecule has 3 aliphatic rings. The lowest BCUT2D eigenvalue weighted by atomic mass is 10.1. The van der Waals surface area contributed by atoms with Crippen LogP contribution < -0.4 is 9.80 Å². The van der Waals surface area contributed by atoms with Crippen molar-refractivity contribution in [2.75, 3.05) is 36.5 Å². The van der Waals surface area contributed by atoms with Crippen LogP contribution in [0.15, 0.2) is 18.2 Å². The van der Waals surface area contributed by atoms with Crippen LogP contribution in [0.3, 0.4) is 0 Å². The second-order valence-corrected chi connectivity index (χ2v) is 7.23. The van der Waals surface area contributed by atoms with Crippen LogP contribution >= 0.6 is 0 Å². The topological polar surface area (TPSA) is 68.3 Å². The van der Waals surface area contributed by atoms with Crippen LogP contribution in [-0.4, -0.2) is 57.1 Å². The van der Waals surface area contributed by atoms with E-state index in [1.54, 1.807) is 12.1 Å². The lowest BCUT2D eigenvalue weighted by molar-refractivity contribution is -0.141. The molecule has 2 unspecified atom stereocenters. The Morgan fingerprint density at radius 1 is 1.26 bits per heavy atom. The van der Waals surface area contributed by atoms with E-state index in [1.165, 1.54) is 18.1 Å². The smallest absolute Gasteiger partial charge is 0.414 e. The lowest BCUT2D eigenvalue weighted by Crippen LogP contribution is -2.43. The average molecular weight is 378 g/mol.